The number of aromatic nitrogens is 4. The quantitative estimate of drug-likeness (QED) is 0.585. The Kier molecular flexibility index (Phi) is 5.41. The fourth-order valence-corrected chi connectivity index (χ4v) is 3.51. The maximum atomic E-state index is 13.0. The molecule has 0 bridgehead atoms. The van der Waals surface area contributed by atoms with Gasteiger partial charge in [0, 0.05) is 6.54 Å². The number of nitrogens with one attached hydrogen (secondary N) is 1. The number of nitrogens with zero attached hydrogens (tertiary/aromatic N) is 4. The summed E-state index contributed by atoms with van der Waals surface area (Å²) in [5.74, 6) is 0.256. The zero-order valence-corrected chi connectivity index (χ0v) is 16.0. The maximum Gasteiger partial charge on any atom is 0.333 e. The fraction of sp³-hybridized carbons (Fsp3) is 0.353. The molecule has 1 saturated heterocycles. The van der Waals surface area contributed by atoms with Crippen molar-refractivity contribution in [2.75, 3.05) is 11.9 Å². The molecule has 0 saturated carbocycles. The van der Waals surface area contributed by atoms with Crippen molar-refractivity contribution in [1.29, 1.82) is 0 Å². The van der Waals surface area contributed by atoms with Crippen LogP contribution in [0.25, 0.3) is 11.2 Å². The van der Waals surface area contributed by atoms with Gasteiger partial charge in [-0.25, -0.2) is 24.5 Å². The van der Waals surface area contributed by atoms with Crippen LogP contribution in [0.1, 0.15) is 24.6 Å². The molecular weight excluding hydrogens is 403 g/mol. The van der Waals surface area contributed by atoms with Crippen LogP contribution in [0.4, 0.5) is 10.2 Å². The molecule has 2 aromatic heterocycles. The van der Waals surface area contributed by atoms with Gasteiger partial charge in [0.2, 0.25) is 0 Å². The molecule has 1 aliphatic heterocycles. The highest BCUT2D eigenvalue weighted by atomic mass is 32.2. The van der Waals surface area contributed by atoms with Crippen LogP contribution >= 0.6 is 0 Å². The van der Waals surface area contributed by atoms with Gasteiger partial charge in [-0.1, -0.05) is 12.1 Å². The number of anilines is 1. The van der Waals surface area contributed by atoms with E-state index in [-0.39, 0.29) is 18.7 Å². The van der Waals surface area contributed by atoms with E-state index >= 15 is 0 Å². The Bertz CT molecular complexity index is 1100. The van der Waals surface area contributed by atoms with Crippen LogP contribution in [0.3, 0.4) is 0 Å². The van der Waals surface area contributed by atoms with E-state index in [4.69, 9.17) is 9.88 Å². The van der Waals surface area contributed by atoms with Crippen molar-refractivity contribution < 1.29 is 21.7 Å². The first-order chi connectivity index (χ1) is 13.9. The third-order valence-electron chi connectivity index (χ3n) is 4.55. The van der Waals surface area contributed by atoms with E-state index in [9.17, 15) is 12.8 Å². The van der Waals surface area contributed by atoms with Gasteiger partial charge in [0.25, 0.3) is 0 Å². The van der Waals surface area contributed by atoms with Gasteiger partial charge in [0.05, 0.1) is 19.0 Å². The summed E-state index contributed by atoms with van der Waals surface area (Å²) in [4.78, 5) is 12.9. The smallest absolute Gasteiger partial charge is 0.333 e. The lowest BCUT2D eigenvalue weighted by Gasteiger charge is -2.15. The summed E-state index contributed by atoms with van der Waals surface area (Å²) in [5.41, 5.74) is 2.05. The largest absolute Gasteiger partial charge is 0.364 e. The van der Waals surface area contributed by atoms with Crippen molar-refractivity contribution in [3.63, 3.8) is 0 Å². The Morgan fingerprint density at radius 3 is 2.79 bits per heavy atom. The molecule has 29 heavy (non-hydrogen) atoms. The van der Waals surface area contributed by atoms with Gasteiger partial charge >= 0.3 is 10.3 Å². The van der Waals surface area contributed by atoms with E-state index in [0.29, 0.717) is 36.4 Å². The van der Waals surface area contributed by atoms with Crippen molar-refractivity contribution in [3.05, 3.63) is 48.3 Å². The Labute approximate surface area is 166 Å². The molecule has 1 aromatic carbocycles. The lowest BCUT2D eigenvalue weighted by molar-refractivity contribution is -0.0149. The van der Waals surface area contributed by atoms with Crippen molar-refractivity contribution in [2.45, 2.75) is 31.7 Å². The summed E-state index contributed by atoms with van der Waals surface area (Å²) in [6, 6.07) is 6.18. The van der Waals surface area contributed by atoms with E-state index in [1.807, 2.05) is 0 Å². The SMILES string of the molecule is NS(=O)(=O)OC[C@@H]1CC[C@H](n2cnc3c(NCc4ccc(F)cc4)ncnc32)O1. The third-order valence-corrected chi connectivity index (χ3v) is 5.01. The first-order valence-corrected chi connectivity index (χ1v) is 10.3. The predicted octanol–water partition coefficient (Wildman–Crippen LogP) is 1.48. The summed E-state index contributed by atoms with van der Waals surface area (Å²) in [5, 5.41) is 8.03. The molecule has 1 fully saturated rings. The van der Waals surface area contributed by atoms with Crippen LogP contribution in [-0.2, 0) is 25.8 Å². The molecule has 0 amide bonds. The standard InChI is InChI=1S/C17H19FN6O4S/c18-12-3-1-11(2-4-12)7-20-16-15-17(22-9-21-16)24(10-23-15)14-6-5-13(28-14)8-27-29(19,25)26/h1-4,9-10,13-14H,5-8H2,(H2,19,25,26)(H,20,21,22)/t13-,14+/m0/s1. The van der Waals surface area contributed by atoms with Gasteiger partial charge in [-0.2, -0.15) is 8.42 Å². The van der Waals surface area contributed by atoms with Gasteiger partial charge in [0.1, 0.15) is 18.4 Å². The average molecular weight is 422 g/mol. The highest BCUT2D eigenvalue weighted by Crippen LogP contribution is 2.31. The predicted molar refractivity (Wildman–Crippen MR) is 101 cm³/mol. The zero-order valence-electron chi connectivity index (χ0n) is 15.2. The molecular formula is C17H19FN6O4S. The normalized spacial score (nSPS) is 19.7. The van der Waals surface area contributed by atoms with Crippen LogP contribution < -0.4 is 10.5 Å². The van der Waals surface area contributed by atoms with Gasteiger partial charge in [-0.15, -0.1) is 0 Å². The Hall–Kier alpha value is -2.67. The third kappa shape index (κ3) is 4.67. The maximum absolute atomic E-state index is 13.0. The fourth-order valence-electron chi connectivity index (χ4n) is 3.16. The van der Waals surface area contributed by atoms with Crippen molar-refractivity contribution in [3.8, 4) is 0 Å². The van der Waals surface area contributed by atoms with Crippen LogP contribution in [0.5, 0.6) is 0 Å². The van der Waals surface area contributed by atoms with E-state index in [1.165, 1.54) is 18.5 Å². The van der Waals surface area contributed by atoms with E-state index < -0.39 is 16.4 Å². The second-order valence-corrected chi connectivity index (χ2v) is 7.82. The van der Waals surface area contributed by atoms with Gasteiger partial charge in [-0.05, 0) is 30.5 Å². The van der Waals surface area contributed by atoms with Crippen LogP contribution in [0.15, 0.2) is 36.9 Å². The molecule has 1 aliphatic rings. The molecule has 10 nitrogen and oxygen atoms in total. The Morgan fingerprint density at radius 1 is 1.24 bits per heavy atom. The summed E-state index contributed by atoms with van der Waals surface area (Å²) < 4.78 is 47.1. The monoisotopic (exact) mass is 422 g/mol. The number of hydrogen-bond donors (Lipinski definition) is 2. The topological polar surface area (TPSA) is 134 Å². The number of rotatable bonds is 7. The lowest BCUT2D eigenvalue weighted by Crippen LogP contribution is -2.23. The number of halogens is 1. The van der Waals surface area contributed by atoms with Crippen LogP contribution in [0.2, 0.25) is 0 Å². The number of imidazole rings is 1. The molecule has 0 spiro atoms. The van der Waals surface area contributed by atoms with Gasteiger partial charge < -0.3 is 10.1 Å². The number of fused-ring (bicyclic) bond motifs is 1. The number of ether oxygens (including phenoxy) is 1. The molecule has 0 unspecified atom stereocenters. The molecule has 0 aliphatic carbocycles. The van der Waals surface area contributed by atoms with E-state index in [0.717, 1.165) is 5.56 Å². The first kappa shape index (κ1) is 19.6. The summed E-state index contributed by atoms with van der Waals surface area (Å²) in [6.07, 6.45) is 3.54. The zero-order chi connectivity index (χ0) is 20.4. The number of nitrogens with two attached hydrogens (primary N) is 1. The second-order valence-electron chi connectivity index (χ2n) is 6.59. The summed E-state index contributed by atoms with van der Waals surface area (Å²) in [7, 11) is -4.00. The van der Waals surface area contributed by atoms with Crippen LogP contribution in [0, 0.1) is 5.82 Å². The van der Waals surface area contributed by atoms with Crippen LogP contribution in [-0.4, -0.2) is 40.6 Å². The molecule has 4 rings (SSSR count). The van der Waals surface area contributed by atoms with E-state index in [2.05, 4.69) is 24.5 Å². The van der Waals surface area contributed by atoms with Gasteiger partial charge in [-0.3, -0.25) is 8.75 Å². The van der Waals surface area contributed by atoms with Crippen molar-refractivity contribution >= 4 is 27.3 Å². The lowest BCUT2D eigenvalue weighted by atomic mass is 10.2. The summed E-state index contributed by atoms with van der Waals surface area (Å²) in [6.45, 7) is 0.313. The van der Waals surface area contributed by atoms with Crippen molar-refractivity contribution in [2.24, 2.45) is 5.14 Å². The first-order valence-electron chi connectivity index (χ1n) is 8.87. The summed E-state index contributed by atoms with van der Waals surface area (Å²) >= 11 is 0. The molecule has 3 aromatic rings. The molecule has 12 heteroatoms. The highest BCUT2D eigenvalue weighted by Gasteiger charge is 2.29. The Morgan fingerprint density at radius 2 is 2.03 bits per heavy atom. The number of benzene rings is 1. The molecule has 0 radical (unpaired) electrons. The van der Waals surface area contributed by atoms with Crippen molar-refractivity contribution in [1.82, 2.24) is 19.5 Å². The minimum absolute atomic E-state index is 0.137. The molecule has 154 valence electrons. The van der Waals surface area contributed by atoms with Gasteiger partial charge in [0.15, 0.2) is 17.0 Å². The molecule has 3 N–H and O–H groups in total. The Balaban J connectivity index is 1.47. The average Bonchev–Trinajstić information content (AvgIpc) is 3.32. The minimum Gasteiger partial charge on any atom is -0.364 e. The minimum atomic E-state index is -4.00. The second kappa shape index (κ2) is 7.99. The highest BCUT2D eigenvalue weighted by molar-refractivity contribution is 7.84. The number of hydrogen-bond acceptors (Lipinski definition) is 8. The molecule has 3 heterocycles. The van der Waals surface area contributed by atoms with E-state index in [1.54, 1.807) is 23.0 Å². The molecule has 2 atom stereocenters.